The molecule has 0 amide bonds. The number of hydrogen-bond donors (Lipinski definition) is 1. The summed E-state index contributed by atoms with van der Waals surface area (Å²) in [6.45, 7) is 0. The maximum Gasteiger partial charge on any atom is 0.135 e. The summed E-state index contributed by atoms with van der Waals surface area (Å²) in [5.41, 5.74) is -0.502. The zero-order valence-electron chi connectivity index (χ0n) is 8.00. The molecule has 0 fully saturated rings. The van der Waals surface area contributed by atoms with E-state index in [0.29, 0.717) is 0 Å². The van der Waals surface area contributed by atoms with Gasteiger partial charge in [-0.05, 0) is 0 Å². The number of nitrogens with zero attached hydrogens (tertiary/aromatic N) is 1. The van der Waals surface area contributed by atoms with E-state index in [4.69, 9.17) is 5.26 Å². The molecule has 0 aliphatic heterocycles. The molecule has 0 bridgehead atoms. The smallest absolute Gasteiger partial charge is 0.135 e. The Morgan fingerprint density at radius 3 is 2.40 bits per heavy atom. The van der Waals surface area contributed by atoms with Gasteiger partial charge < -0.3 is 9.84 Å². The molecule has 3 nitrogen and oxygen atoms in total. The van der Waals surface area contributed by atoms with E-state index in [2.05, 4.69) is 4.74 Å². The molecule has 5 heteroatoms. The lowest BCUT2D eigenvalue weighted by Crippen LogP contribution is -2.04. The largest absolute Gasteiger partial charge is 0.497 e. The Balaban J connectivity index is 3.14. The molecule has 15 heavy (non-hydrogen) atoms. The van der Waals surface area contributed by atoms with Crippen molar-refractivity contribution in [3.63, 3.8) is 0 Å². The van der Waals surface area contributed by atoms with Gasteiger partial charge in [0.1, 0.15) is 17.4 Å². The van der Waals surface area contributed by atoms with Crippen LogP contribution in [0.2, 0.25) is 0 Å². The van der Waals surface area contributed by atoms with Gasteiger partial charge in [-0.2, -0.15) is 5.26 Å². The molecule has 80 valence electrons. The fourth-order valence-electron chi connectivity index (χ4n) is 1.19. The molecule has 1 rings (SSSR count). The average Bonchev–Trinajstić information content (AvgIpc) is 2.16. The lowest BCUT2D eigenvalue weighted by Gasteiger charge is -2.10. The number of hydrogen-bond acceptors (Lipinski definition) is 3. The summed E-state index contributed by atoms with van der Waals surface area (Å²) in [6, 6.07) is 3.55. The Hall–Kier alpha value is -1.67. The molecule has 1 aromatic rings. The first-order valence-electron chi connectivity index (χ1n) is 4.18. The number of nitriles is 1. The van der Waals surface area contributed by atoms with E-state index >= 15 is 0 Å². The number of methoxy groups -OCH3 is 1. The van der Waals surface area contributed by atoms with Crippen molar-refractivity contribution < 1.29 is 18.6 Å². The lowest BCUT2D eigenvalue weighted by atomic mass is 10.1. The fraction of sp³-hybridized carbons (Fsp3) is 0.300. The van der Waals surface area contributed by atoms with Crippen molar-refractivity contribution in [3.8, 4) is 11.8 Å². The zero-order chi connectivity index (χ0) is 11.4. The predicted octanol–water partition coefficient (Wildman–Crippen LogP) is 1.92. The first-order chi connectivity index (χ1) is 7.10. The summed E-state index contributed by atoms with van der Waals surface area (Å²) in [6.07, 6.45) is -1.82. The molecule has 0 saturated carbocycles. The van der Waals surface area contributed by atoms with Crippen LogP contribution in [0.25, 0.3) is 0 Å². The minimum Gasteiger partial charge on any atom is -0.497 e. The van der Waals surface area contributed by atoms with Crippen LogP contribution < -0.4 is 4.74 Å². The Kier molecular flexibility index (Phi) is 3.58. The van der Waals surface area contributed by atoms with E-state index in [0.717, 1.165) is 12.1 Å². The minimum absolute atomic E-state index is 0.0258. The molecular weight excluding hydrogens is 204 g/mol. The van der Waals surface area contributed by atoms with E-state index in [1.807, 2.05) is 0 Å². The van der Waals surface area contributed by atoms with E-state index in [1.165, 1.54) is 7.11 Å². The highest BCUT2D eigenvalue weighted by molar-refractivity contribution is 5.32. The van der Waals surface area contributed by atoms with Gasteiger partial charge >= 0.3 is 0 Å². The molecule has 0 spiro atoms. The molecule has 0 heterocycles. The van der Waals surface area contributed by atoms with Crippen molar-refractivity contribution >= 4 is 0 Å². The number of benzene rings is 1. The van der Waals surface area contributed by atoms with E-state index in [1.54, 1.807) is 6.07 Å². The van der Waals surface area contributed by atoms with Gasteiger partial charge in [0.25, 0.3) is 0 Å². The van der Waals surface area contributed by atoms with Crippen molar-refractivity contribution in [2.24, 2.45) is 0 Å². The molecule has 0 aliphatic rings. The first kappa shape index (κ1) is 11.4. The van der Waals surface area contributed by atoms with E-state index < -0.39 is 23.3 Å². The maximum atomic E-state index is 13.3. The highest BCUT2D eigenvalue weighted by atomic mass is 19.1. The van der Waals surface area contributed by atoms with Gasteiger partial charge in [-0.1, -0.05) is 0 Å². The number of halogens is 2. The van der Waals surface area contributed by atoms with Crippen molar-refractivity contribution in [3.05, 3.63) is 29.3 Å². The standard InChI is InChI=1S/C10H9F2NO2/c1-15-6-4-7(11)10(8(12)5-6)9(14)2-3-13/h4-5,9,14H,2H2,1H3. The van der Waals surface area contributed by atoms with E-state index in [9.17, 15) is 13.9 Å². The molecule has 1 aromatic carbocycles. The Morgan fingerprint density at radius 2 is 2.00 bits per heavy atom. The van der Waals surface area contributed by atoms with Gasteiger partial charge in [-0.25, -0.2) is 8.78 Å². The zero-order valence-corrected chi connectivity index (χ0v) is 8.00. The van der Waals surface area contributed by atoms with Gasteiger partial charge in [0.05, 0.1) is 31.3 Å². The molecule has 0 aliphatic carbocycles. The molecular formula is C10H9F2NO2. The number of aliphatic hydroxyl groups is 1. The van der Waals surface area contributed by atoms with Crippen LogP contribution in [0.4, 0.5) is 8.78 Å². The van der Waals surface area contributed by atoms with Crippen molar-refractivity contribution in [2.45, 2.75) is 12.5 Å². The summed E-state index contributed by atoms with van der Waals surface area (Å²) in [5.74, 6) is -1.82. The highest BCUT2D eigenvalue weighted by Gasteiger charge is 2.19. The third-order valence-electron chi connectivity index (χ3n) is 1.91. The Morgan fingerprint density at radius 1 is 1.47 bits per heavy atom. The predicted molar refractivity (Wildman–Crippen MR) is 48.1 cm³/mol. The number of ether oxygens (including phenoxy) is 1. The highest BCUT2D eigenvalue weighted by Crippen LogP contribution is 2.26. The second-order valence-corrected chi connectivity index (χ2v) is 2.88. The van der Waals surface area contributed by atoms with Crippen LogP contribution in [0, 0.1) is 23.0 Å². The molecule has 0 radical (unpaired) electrons. The molecule has 0 saturated heterocycles. The summed E-state index contributed by atoms with van der Waals surface area (Å²) in [4.78, 5) is 0. The quantitative estimate of drug-likeness (QED) is 0.834. The second kappa shape index (κ2) is 4.71. The van der Waals surface area contributed by atoms with Gasteiger partial charge in [-0.3, -0.25) is 0 Å². The molecule has 0 aromatic heterocycles. The van der Waals surface area contributed by atoms with Crippen LogP contribution in [0.3, 0.4) is 0 Å². The van der Waals surface area contributed by atoms with Gasteiger partial charge in [0.2, 0.25) is 0 Å². The van der Waals surface area contributed by atoms with Crippen LogP contribution in [0.1, 0.15) is 18.1 Å². The normalized spacial score (nSPS) is 11.9. The van der Waals surface area contributed by atoms with Gasteiger partial charge in [-0.15, -0.1) is 0 Å². The number of rotatable bonds is 3. The summed E-state index contributed by atoms with van der Waals surface area (Å²) >= 11 is 0. The van der Waals surface area contributed by atoms with Crippen LogP contribution >= 0.6 is 0 Å². The first-order valence-corrected chi connectivity index (χ1v) is 4.18. The SMILES string of the molecule is COc1cc(F)c(C(O)CC#N)c(F)c1. The third-order valence-corrected chi connectivity index (χ3v) is 1.91. The van der Waals surface area contributed by atoms with E-state index in [-0.39, 0.29) is 12.2 Å². The van der Waals surface area contributed by atoms with Gasteiger partial charge in [0, 0.05) is 12.1 Å². The molecule has 1 unspecified atom stereocenters. The molecule has 1 atom stereocenters. The fourth-order valence-corrected chi connectivity index (χ4v) is 1.19. The lowest BCUT2D eigenvalue weighted by molar-refractivity contribution is 0.173. The second-order valence-electron chi connectivity index (χ2n) is 2.88. The summed E-state index contributed by atoms with van der Waals surface area (Å²) < 4.78 is 31.2. The van der Waals surface area contributed by atoms with Crippen LogP contribution in [-0.2, 0) is 0 Å². The van der Waals surface area contributed by atoms with Gasteiger partial charge in [0.15, 0.2) is 0 Å². The average molecular weight is 213 g/mol. The topological polar surface area (TPSA) is 53.2 Å². The third kappa shape index (κ3) is 2.42. The maximum absolute atomic E-state index is 13.3. The van der Waals surface area contributed by atoms with Crippen LogP contribution in [0.15, 0.2) is 12.1 Å². The minimum atomic E-state index is -1.46. The van der Waals surface area contributed by atoms with Crippen molar-refractivity contribution in [1.29, 1.82) is 5.26 Å². The monoisotopic (exact) mass is 213 g/mol. The molecule has 1 N–H and O–H groups in total. The summed E-state index contributed by atoms with van der Waals surface area (Å²) in [5, 5.41) is 17.6. The Labute approximate surface area is 85.5 Å². The van der Waals surface area contributed by atoms with Crippen LogP contribution in [0.5, 0.6) is 5.75 Å². The van der Waals surface area contributed by atoms with Crippen molar-refractivity contribution in [1.82, 2.24) is 0 Å². The number of aliphatic hydroxyl groups excluding tert-OH is 1. The van der Waals surface area contributed by atoms with Crippen molar-refractivity contribution in [2.75, 3.05) is 7.11 Å². The van der Waals surface area contributed by atoms with Crippen LogP contribution in [-0.4, -0.2) is 12.2 Å². The Bertz CT molecular complexity index is 378. The summed E-state index contributed by atoms with van der Waals surface area (Å²) in [7, 11) is 1.28.